The Hall–Kier alpha value is -2.49. The molecule has 2 aromatic heterocycles. The first-order chi connectivity index (χ1) is 12.2. The first-order valence-corrected chi connectivity index (χ1v) is 9.00. The molecule has 1 saturated carbocycles. The normalized spacial score (nSPS) is 14.8. The van der Waals surface area contributed by atoms with E-state index in [2.05, 4.69) is 65.8 Å². The van der Waals surface area contributed by atoms with E-state index in [9.17, 15) is 0 Å². The van der Waals surface area contributed by atoms with Gasteiger partial charge in [0.05, 0.1) is 5.52 Å². The molecular formula is C21H26N4. The van der Waals surface area contributed by atoms with E-state index >= 15 is 0 Å². The largest absolute Gasteiger partial charge is 0.305 e. The van der Waals surface area contributed by atoms with Gasteiger partial charge in [0, 0.05) is 30.2 Å². The van der Waals surface area contributed by atoms with Crippen LogP contribution < -0.4 is 0 Å². The number of fused-ring (bicyclic) bond motifs is 1. The molecule has 130 valence electrons. The van der Waals surface area contributed by atoms with Gasteiger partial charge >= 0.3 is 0 Å². The third-order valence-electron chi connectivity index (χ3n) is 4.75. The summed E-state index contributed by atoms with van der Waals surface area (Å²) in [7, 11) is 1.64. The Morgan fingerprint density at radius 1 is 1.04 bits per heavy atom. The summed E-state index contributed by atoms with van der Waals surface area (Å²) in [6, 6.07) is 12.5. The zero-order chi connectivity index (χ0) is 17.6. The second kappa shape index (κ2) is 8.06. The summed E-state index contributed by atoms with van der Waals surface area (Å²) in [6.07, 6.45) is 8.50. The number of aryl methyl sites for hydroxylation is 1. The van der Waals surface area contributed by atoms with Crippen LogP contribution >= 0.6 is 0 Å². The topological polar surface area (TPSA) is 43.1 Å². The maximum Gasteiger partial charge on any atom is 0.148 e. The van der Waals surface area contributed by atoms with Gasteiger partial charge in [-0.2, -0.15) is 0 Å². The van der Waals surface area contributed by atoms with Crippen LogP contribution in [0.4, 0.5) is 0 Å². The molecule has 4 heteroatoms. The van der Waals surface area contributed by atoms with Gasteiger partial charge in [0.15, 0.2) is 0 Å². The Morgan fingerprint density at radius 3 is 2.44 bits per heavy atom. The van der Waals surface area contributed by atoms with Crippen LogP contribution in [0, 0.1) is 6.92 Å². The number of hydrogen-bond donors (Lipinski definition) is 0. The Labute approximate surface area is 149 Å². The molecule has 0 unspecified atom stereocenters. The number of hydrogen-bond acceptors (Lipinski definition) is 3. The van der Waals surface area contributed by atoms with Gasteiger partial charge in [0.1, 0.15) is 11.6 Å². The summed E-state index contributed by atoms with van der Waals surface area (Å²) in [4.78, 5) is 13.1. The van der Waals surface area contributed by atoms with Crippen LogP contribution in [0.25, 0.3) is 16.7 Å². The van der Waals surface area contributed by atoms with E-state index in [0.717, 1.165) is 22.5 Å². The fraction of sp³-hybridized carbons (Fsp3) is 0.381. The van der Waals surface area contributed by atoms with Gasteiger partial charge in [0.25, 0.3) is 0 Å². The fourth-order valence-corrected chi connectivity index (χ4v) is 3.51. The standard InChI is InChI=1S/C19H21N3.C2H5N/c1-14-8-7-13-22(14)19-16-11-5-6-12-17(16)20-18(21-19)15-9-3-2-4-10-15;1-3-2/h5-8,11-13,15H,2-4,9-10H2,1H3;1H2,2H3. The van der Waals surface area contributed by atoms with Crippen LogP contribution in [0.3, 0.4) is 0 Å². The molecule has 4 rings (SSSR count). The second-order valence-corrected chi connectivity index (χ2v) is 6.59. The minimum atomic E-state index is 0.521. The third-order valence-corrected chi connectivity index (χ3v) is 4.75. The predicted octanol–water partition coefficient (Wildman–Crippen LogP) is 5.09. The average molecular weight is 334 g/mol. The summed E-state index contributed by atoms with van der Waals surface area (Å²) in [6.45, 7) is 5.23. The monoisotopic (exact) mass is 334 g/mol. The van der Waals surface area contributed by atoms with Crippen molar-refractivity contribution >= 4 is 17.6 Å². The molecule has 0 bridgehead atoms. The molecule has 2 heterocycles. The van der Waals surface area contributed by atoms with Crippen LogP contribution in [0.1, 0.15) is 49.5 Å². The van der Waals surface area contributed by atoms with Crippen molar-refractivity contribution in [1.82, 2.24) is 14.5 Å². The minimum Gasteiger partial charge on any atom is -0.305 e. The molecule has 4 nitrogen and oxygen atoms in total. The maximum atomic E-state index is 4.98. The van der Waals surface area contributed by atoms with Gasteiger partial charge in [0.2, 0.25) is 0 Å². The Morgan fingerprint density at radius 2 is 1.76 bits per heavy atom. The first-order valence-electron chi connectivity index (χ1n) is 9.00. The van der Waals surface area contributed by atoms with Crippen molar-refractivity contribution in [3.8, 4) is 5.82 Å². The van der Waals surface area contributed by atoms with E-state index in [-0.39, 0.29) is 0 Å². The van der Waals surface area contributed by atoms with Gasteiger partial charge in [-0.25, -0.2) is 9.97 Å². The Balaban J connectivity index is 0.000000569. The molecule has 1 aliphatic carbocycles. The van der Waals surface area contributed by atoms with Gasteiger partial charge in [-0.15, -0.1) is 0 Å². The molecule has 0 aliphatic heterocycles. The van der Waals surface area contributed by atoms with Gasteiger partial charge in [-0.3, -0.25) is 0 Å². The molecule has 3 aromatic rings. The van der Waals surface area contributed by atoms with E-state index in [1.807, 2.05) is 0 Å². The lowest BCUT2D eigenvalue weighted by molar-refractivity contribution is 0.429. The van der Waals surface area contributed by atoms with Crippen LogP contribution in [0.15, 0.2) is 47.6 Å². The highest BCUT2D eigenvalue weighted by molar-refractivity contribution is 5.85. The van der Waals surface area contributed by atoms with Crippen molar-refractivity contribution < 1.29 is 0 Å². The van der Waals surface area contributed by atoms with Crippen LogP contribution in [-0.4, -0.2) is 28.3 Å². The SMILES string of the molecule is C=NC.Cc1cccn1-c1nc(C2CCCCC2)nc2ccccc12. The van der Waals surface area contributed by atoms with Crippen molar-refractivity contribution in [3.63, 3.8) is 0 Å². The van der Waals surface area contributed by atoms with E-state index < -0.39 is 0 Å². The average Bonchev–Trinajstić information content (AvgIpc) is 3.08. The summed E-state index contributed by atoms with van der Waals surface area (Å²) < 4.78 is 2.18. The predicted molar refractivity (Wildman–Crippen MR) is 105 cm³/mol. The van der Waals surface area contributed by atoms with Crippen molar-refractivity contribution in [2.75, 3.05) is 7.05 Å². The quantitative estimate of drug-likeness (QED) is 0.612. The molecule has 0 N–H and O–H groups in total. The lowest BCUT2D eigenvalue weighted by Crippen LogP contribution is -2.11. The molecule has 1 fully saturated rings. The number of nitrogens with zero attached hydrogens (tertiary/aromatic N) is 4. The lowest BCUT2D eigenvalue weighted by Gasteiger charge is -2.21. The van der Waals surface area contributed by atoms with Crippen molar-refractivity contribution in [1.29, 1.82) is 0 Å². The van der Waals surface area contributed by atoms with Crippen LogP contribution in [0.5, 0.6) is 0 Å². The van der Waals surface area contributed by atoms with E-state index in [4.69, 9.17) is 9.97 Å². The van der Waals surface area contributed by atoms with Gasteiger partial charge < -0.3 is 9.56 Å². The molecule has 0 atom stereocenters. The molecule has 0 saturated heterocycles. The zero-order valence-corrected chi connectivity index (χ0v) is 15.2. The molecule has 0 spiro atoms. The minimum absolute atomic E-state index is 0.521. The van der Waals surface area contributed by atoms with Crippen LogP contribution in [-0.2, 0) is 0 Å². The van der Waals surface area contributed by atoms with Crippen LogP contribution in [0.2, 0.25) is 0 Å². The summed E-state index contributed by atoms with van der Waals surface area (Å²) in [5.74, 6) is 2.57. The molecular weight excluding hydrogens is 308 g/mol. The van der Waals surface area contributed by atoms with Gasteiger partial charge in [-0.05, 0) is 50.7 Å². The zero-order valence-electron chi connectivity index (χ0n) is 15.2. The molecule has 0 amide bonds. The fourth-order valence-electron chi connectivity index (χ4n) is 3.51. The molecule has 1 aliphatic rings. The third kappa shape index (κ3) is 3.78. The Bertz CT molecular complexity index is 844. The molecule has 1 aromatic carbocycles. The number of aromatic nitrogens is 3. The lowest BCUT2D eigenvalue weighted by atomic mass is 9.88. The highest BCUT2D eigenvalue weighted by atomic mass is 15.1. The summed E-state index contributed by atoms with van der Waals surface area (Å²) in [5.41, 5.74) is 2.26. The number of aliphatic imine (C=N–C) groups is 1. The highest BCUT2D eigenvalue weighted by Gasteiger charge is 2.20. The van der Waals surface area contributed by atoms with Crippen molar-refractivity contribution in [3.05, 3.63) is 54.1 Å². The number of rotatable bonds is 2. The van der Waals surface area contributed by atoms with Crippen molar-refractivity contribution in [2.45, 2.75) is 44.9 Å². The Kier molecular flexibility index (Phi) is 5.59. The maximum absolute atomic E-state index is 4.98. The highest BCUT2D eigenvalue weighted by Crippen LogP contribution is 2.32. The smallest absolute Gasteiger partial charge is 0.148 e. The van der Waals surface area contributed by atoms with Gasteiger partial charge in [-0.1, -0.05) is 31.4 Å². The second-order valence-electron chi connectivity index (χ2n) is 6.59. The van der Waals surface area contributed by atoms with E-state index in [1.165, 1.54) is 37.8 Å². The number of benzene rings is 1. The summed E-state index contributed by atoms with van der Waals surface area (Å²) in [5, 5.41) is 1.13. The number of para-hydroxylation sites is 1. The molecule has 25 heavy (non-hydrogen) atoms. The molecule has 0 radical (unpaired) electrons. The van der Waals surface area contributed by atoms with E-state index in [1.54, 1.807) is 7.05 Å². The summed E-state index contributed by atoms with van der Waals surface area (Å²) >= 11 is 0. The van der Waals surface area contributed by atoms with Crippen molar-refractivity contribution in [2.24, 2.45) is 4.99 Å². The van der Waals surface area contributed by atoms with E-state index in [0.29, 0.717) is 5.92 Å². The first kappa shape index (κ1) is 17.3.